The maximum absolute atomic E-state index is 13.9. The average molecular weight is 421 g/mol. The monoisotopic (exact) mass is 421 g/mol. The number of nitrogens with one attached hydrogen (secondary N) is 1. The molecule has 0 radical (unpaired) electrons. The molecule has 6 heteroatoms. The van der Waals surface area contributed by atoms with Gasteiger partial charge in [-0.3, -0.25) is 4.90 Å². The summed E-state index contributed by atoms with van der Waals surface area (Å²) < 4.78 is 27.0. The van der Waals surface area contributed by atoms with Gasteiger partial charge in [-0.1, -0.05) is 60.2 Å². The van der Waals surface area contributed by atoms with Crippen LogP contribution < -0.4 is 5.32 Å². The predicted molar refractivity (Wildman–Crippen MR) is 118 cm³/mol. The number of anilines is 1. The van der Waals surface area contributed by atoms with E-state index in [1.165, 1.54) is 22.8 Å². The lowest BCUT2D eigenvalue weighted by Gasteiger charge is -2.39. The van der Waals surface area contributed by atoms with Crippen molar-refractivity contribution in [2.45, 2.75) is 13.0 Å². The van der Waals surface area contributed by atoms with Gasteiger partial charge in [-0.05, 0) is 30.2 Å². The number of halogens is 2. The molecule has 3 aromatic rings. The highest BCUT2D eigenvalue weighted by atomic mass is 19.1. The smallest absolute Gasteiger partial charge is 0.322 e. The van der Waals surface area contributed by atoms with Crippen LogP contribution in [0.25, 0.3) is 0 Å². The third kappa shape index (κ3) is 4.91. The highest BCUT2D eigenvalue weighted by Gasteiger charge is 2.28. The van der Waals surface area contributed by atoms with Crippen LogP contribution in [0.5, 0.6) is 0 Å². The normalized spacial score (nSPS) is 15.5. The van der Waals surface area contributed by atoms with Crippen LogP contribution in [0.2, 0.25) is 0 Å². The second-order valence-electron chi connectivity index (χ2n) is 7.80. The lowest BCUT2D eigenvalue weighted by atomic mass is 9.95. The Balaban J connectivity index is 1.46. The van der Waals surface area contributed by atoms with E-state index >= 15 is 0 Å². The first-order valence-corrected chi connectivity index (χ1v) is 10.4. The quantitative estimate of drug-likeness (QED) is 0.628. The molecular weight excluding hydrogens is 396 g/mol. The molecule has 3 aromatic carbocycles. The van der Waals surface area contributed by atoms with Crippen LogP contribution in [-0.4, -0.2) is 42.0 Å². The van der Waals surface area contributed by atoms with E-state index in [0.717, 1.165) is 12.1 Å². The van der Waals surface area contributed by atoms with Crippen LogP contribution in [0.15, 0.2) is 72.8 Å². The fraction of sp³-hybridized carbons (Fsp3) is 0.240. The lowest BCUT2D eigenvalue weighted by Crippen LogP contribution is -2.51. The van der Waals surface area contributed by atoms with Crippen molar-refractivity contribution in [2.75, 3.05) is 31.5 Å². The maximum Gasteiger partial charge on any atom is 0.322 e. The number of urea groups is 1. The molecule has 0 saturated carbocycles. The number of aryl methyl sites for hydroxylation is 1. The van der Waals surface area contributed by atoms with Crippen molar-refractivity contribution in [3.63, 3.8) is 0 Å². The summed E-state index contributed by atoms with van der Waals surface area (Å²) in [4.78, 5) is 16.6. The Bertz CT molecular complexity index is 1030. The Labute approximate surface area is 181 Å². The molecule has 31 heavy (non-hydrogen) atoms. The summed E-state index contributed by atoms with van der Waals surface area (Å²) >= 11 is 0. The molecule has 1 saturated heterocycles. The number of amides is 2. The highest BCUT2D eigenvalue weighted by Crippen LogP contribution is 2.30. The molecule has 1 atom stereocenters. The molecule has 160 valence electrons. The molecule has 0 unspecified atom stereocenters. The Morgan fingerprint density at radius 3 is 2.16 bits per heavy atom. The predicted octanol–water partition coefficient (Wildman–Crippen LogP) is 5.21. The van der Waals surface area contributed by atoms with E-state index in [4.69, 9.17) is 0 Å². The number of benzene rings is 3. The van der Waals surface area contributed by atoms with Crippen molar-refractivity contribution in [3.8, 4) is 0 Å². The van der Waals surface area contributed by atoms with Crippen molar-refractivity contribution in [1.82, 2.24) is 9.80 Å². The van der Waals surface area contributed by atoms with Crippen molar-refractivity contribution >= 4 is 11.7 Å². The van der Waals surface area contributed by atoms with Gasteiger partial charge in [0.05, 0.1) is 11.7 Å². The molecule has 4 nitrogen and oxygen atoms in total. The van der Waals surface area contributed by atoms with Gasteiger partial charge in [0, 0.05) is 32.2 Å². The van der Waals surface area contributed by atoms with Crippen molar-refractivity contribution in [3.05, 3.63) is 101 Å². The summed E-state index contributed by atoms with van der Waals surface area (Å²) in [6, 6.07) is 21.7. The van der Waals surface area contributed by atoms with E-state index in [1.807, 2.05) is 18.2 Å². The number of nitrogens with zero attached hydrogens (tertiary/aromatic N) is 2. The van der Waals surface area contributed by atoms with E-state index in [9.17, 15) is 13.6 Å². The molecule has 0 aliphatic carbocycles. The zero-order valence-corrected chi connectivity index (χ0v) is 17.4. The molecular formula is C25H25F2N3O. The molecule has 1 aliphatic heterocycles. The molecule has 1 N–H and O–H groups in total. The lowest BCUT2D eigenvalue weighted by molar-refractivity contribution is 0.126. The Morgan fingerprint density at radius 2 is 1.52 bits per heavy atom. The van der Waals surface area contributed by atoms with Crippen LogP contribution in [0.4, 0.5) is 19.3 Å². The molecule has 1 aliphatic rings. The standard InChI is InChI=1S/C25H25F2N3O/c1-18-7-9-20(10-8-18)24(19-5-3-2-4-6-19)29-13-15-30(16-14-29)25(31)28-23-12-11-21(26)17-22(23)27/h2-12,17,24H,13-16H2,1H3,(H,28,31)/t24-/m1/s1. The van der Waals surface area contributed by atoms with E-state index in [-0.39, 0.29) is 17.8 Å². The van der Waals surface area contributed by atoms with E-state index in [2.05, 4.69) is 53.5 Å². The van der Waals surface area contributed by atoms with E-state index in [0.29, 0.717) is 26.2 Å². The Kier molecular flexibility index (Phi) is 6.28. The molecule has 0 spiro atoms. The Morgan fingerprint density at radius 1 is 0.871 bits per heavy atom. The summed E-state index contributed by atoms with van der Waals surface area (Å²) in [6.07, 6.45) is 0. The number of hydrogen-bond acceptors (Lipinski definition) is 2. The summed E-state index contributed by atoms with van der Waals surface area (Å²) in [7, 11) is 0. The van der Waals surface area contributed by atoms with Gasteiger partial charge in [0.25, 0.3) is 0 Å². The topological polar surface area (TPSA) is 35.6 Å². The van der Waals surface area contributed by atoms with Gasteiger partial charge >= 0.3 is 6.03 Å². The summed E-state index contributed by atoms with van der Waals surface area (Å²) in [6.45, 7) is 4.48. The average Bonchev–Trinajstić information content (AvgIpc) is 2.78. The minimum Gasteiger partial charge on any atom is -0.322 e. The molecule has 0 aromatic heterocycles. The van der Waals surface area contributed by atoms with Crippen molar-refractivity contribution in [2.24, 2.45) is 0 Å². The first-order chi connectivity index (χ1) is 15.0. The SMILES string of the molecule is Cc1ccc([C@@H](c2ccccc2)N2CCN(C(=O)Nc3ccc(F)cc3F)CC2)cc1. The van der Waals surface area contributed by atoms with Gasteiger partial charge in [-0.2, -0.15) is 0 Å². The van der Waals surface area contributed by atoms with Gasteiger partial charge in [0.2, 0.25) is 0 Å². The van der Waals surface area contributed by atoms with Gasteiger partial charge in [0.1, 0.15) is 11.6 Å². The number of rotatable bonds is 4. The van der Waals surface area contributed by atoms with Crippen molar-refractivity contribution in [1.29, 1.82) is 0 Å². The number of carbonyl (C=O) groups excluding carboxylic acids is 1. The fourth-order valence-corrected chi connectivity index (χ4v) is 3.97. The van der Waals surface area contributed by atoms with E-state index in [1.54, 1.807) is 4.90 Å². The third-order valence-corrected chi connectivity index (χ3v) is 5.65. The second kappa shape index (κ2) is 9.27. The summed E-state index contributed by atoms with van der Waals surface area (Å²) in [5.41, 5.74) is 3.61. The van der Waals surface area contributed by atoms with Gasteiger partial charge in [-0.15, -0.1) is 0 Å². The maximum atomic E-state index is 13.9. The molecule has 4 rings (SSSR count). The van der Waals surface area contributed by atoms with Crippen LogP contribution in [-0.2, 0) is 0 Å². The number of piperazine rings is 1. The zero-order valence-electron chi connectivity index (χ0n) is 17.4. The zero-order chi connectivity index (χ0) is 21.8. The summed E-state index contributed by atoms with van der Waals surface area (Å²) in [5.74, 6) is -1.46. The van der Waals surface area contributed by atoms with Crippen LogP contribution >= 0.6 is 0 Å². The first-order valence-electron chi connectivity index (χ1n) is 10.4. The number of carbonyl (C=O) groups is 1. The second-order valence-corrected chi connectivity index (χ2v) is 7.80. The Hall–Kier alpha value is -3.25. The molecule has 2 amide bonds. The van der Waals surface area contributed by atoms with Crippen molar-refractivity contribution < 1.29 is 13.6 Å². The van der Waals surface area contributed by atoms with Crippen LogP contribution in [0, 0.1) is 18.6 Å². The molecule has 1 heterocycles. The number of hydrogen-bond donors (Lipinski definition) is 1. The minimum atomic E-state index is -0.782. The summed E-state index contributed by atoms with van der Waals surface area (Å²) in [5, 5.41) is 2.55. The largest absolute Gasteiger partial charge is 0.322 e. The highest BCUT2D eigenvalue weighted by molar-refractivity contribution is 5.89. The van der Waals surface area contributed by atoms with Gasteiger partial charge in [0.15, 0.2) is 0 Å². The first kappa shape index (κ1) is 21.0. The molecule has 0 bridgehead atoms. The minimum absolute atomic E-state index is 0.0179. The van der Waals surface area contributed by atoms with Gasteiger partial charge < -0.3 is 10.2 Å². The molecule has 1 fully saturated rings. The third-order valence-electron chi connectivity index (χ3n) is 5.65. The fourth-order valence-electron chi connectivity index (χ4n) is 3.97. The van der Waals surface area contributed by atoms with Gasteiger partial charge in [-0.25, -0.2) is 13.6 Å². The van der Waals surface area contributed by atoms with Crippen LogP contribution in [0.3, 0.4) is 0 Å². The van der Waals surface area contributed by atoms with Crippen LogP contribution in [0.1, 0.15) is 22.7 Å². The van der Waals surface area contributed by atoms with E-state index < -0.39 is 11.6 Å².